The fourth-order valence-corrected chi connectivity index (χ4v) is 3.73. The standard InChI is InChI=1S/C14H16BrN3O2S/c1-9(2)18-8-16-17-14(18)21-7-10-5-12-13(6-11(10)15)20-4-3-19-12/h5-6,8-9H,3-4,7H2,1-2H3. The Kier molecular flexibility index (Phi) is 4.40. The summed E-state index contributed by atoms with van der Waals surface area (Å²) >= 11 is 5.26. The summed E-state index contributed by atoms with van der Waals surface area (Å²) in [5, 5.41) is 9.08. The monoisotopic (exact) mass is 369 g/mol. The number of aromatic nitrogens is 3. The molecule has 21 heavy (non-hydrogen) atoms. The van der Waals surface area contributed by atoms with Gasteiger partial charge in [-0.25, -0.2) is 0 Å². The van der Waals surface area contributed by atoms with E-state index in [9.17, 15) is 0 Å². The van der Waals surface area contributed by atoms with Gasteiger partial charge in [-0.3, -0.25) is 0 Å². The van der Waals surface area contributed by atoms with Crippen molar-refractivity contribution in [3.8, 4) is 11.5 Å². The fourth-order valence-electron chi connectivity index (χ4n) is 2.05. The van der Waals surface area contributed by atoms with Crippen molar-refractivity contribution in [3.63, 3.8) is 0 Å². The Morgan fingerprint density at radius 3 is 2.71 bits per heavy atom. The molecule has 1 aliphatic rings. The Balaban J connectivity index is 1.77. The SMILES string of the molecule is CC(C)n1cnnc1SCc1cc2c(cc1Br)OCCO2. The number of fused-ring (bicyclic) bond motifs is 1. The summed E-state index contributed by atoms with van der Waals surface area (Å²) in [6.07, 6.45) is 1.77. The summed E-state index contributed by atoms with van der Waals surface area (Å²) < 4.78 is 14.3. The molecule has 0 spiro atoms. The maximum absolute atomic E-state index is 5.63. The molecule has 0 radical (unpaired) electrons. The second-order valence-corrected chi connectivity index (χ2v) is 6.79. The lowest BCUT2D eigenvalue weighted by Gasteiger charge is -2.20. The van der Waals surface area contributed by atoms with Crippen LogP contribution in [-0.2, 0) is 5.75 Å². The second kappa shape index (κ2) is 6.27. The van der Waals surface area contributed by atoms with Crippen LogP contribution >= 0.6 is 27.7 Å². The van der Waals surface area contributed by atoms with E-state index in [0.717, 1.165) is 32.4 Å². The van der Waals surface area contributed by atoms with Crippen molar-refractivity contribution in [2.24, 2.45) is 0 Å². The average molecular weight is 370 g/mol. The van der Waals surface area contributed by atoms with Crippen LogP contribution in [0.1, 0.15) is 25.5 Å². The molecule has 0 bridgehead atoms. The largest absolute Gasteiger partial charge is 0.486 e. The minimum absolute atomic E-state index is 0.353. The summed E-state index contributed by atoms with van der Waals surface area (Å²) in [6.45, 7) is 5.44. The molecule has 0 aliphatic carbocycles. The van der Waals surface area contributed by atoms with Crippen molar-refractivity contribution in [1.29, 1.82) is 0 Å². The molecule has 0 saturated heterocycles. The Morgan fingerprint density at radius 2 is 2.00 bits per heavy atom. The van der Waals surface area contributed by atoms with Crippen LogP contribution in [0.2, 0.25) is 0 Å². The summed E-state index contributed by atoms with van der Waals surface area (Å²) in [5.74, 6) is 2.40. The number of hydrogen-bond acceptors (Lipinski definition) is 5. The highest BCUT2D eigenvalue weighted by atomic mass is 79.9. The average Bonchev–Trinajstić information content (AvgIpc) is 2.93. The van der Waals surface area contributed by atoms with Crippen LogP contribution < -0.4 is 9.47 Å². The maximum atomic E-state index is 5.63. The number of rotatable bonds is 4. The highest BCUT2D eigenvalue weighted by Crippen LogP contribution is 2.37. The molecule has 5 nitrogen and oxygen atoms in total. The molecule has 2 aromatic rings. The molecule has 0 amide bonds. The van der Waals surface area contributed by atoms with E-state index in [2.05, 4.69) is 44.5 Å². The van der Waals surface area contributed by atoms with Gasteiger partial charge >= 0.3 is 0 Å². The molecule has 3 rings (SSSR count). The van der Waals surface area contributed by atoms with Gasteiger partial charge in [-0.15, -0.1) is 10.2 Å². The zero-order valence-electron chi connectivity index (χ0n) is 11.9. The lowest BCUT2D eigenvalue weighted by atomic mass is 10.2. The zero-order chi connectivity index (χ0) is 14.8. The first-order chi connectivity index (χ1) is 10.1. The van der Waals surface area contributed by atoms with Crippen molar-refractivity contribution in [2.75, 3.05) is 13.2 Å². The molecule has 2 heterocycles. The maximum Gasteiger partial charge on any atom is 0.191 e. The van der Waals surface area contributed by atoms with E-state index in [1.165, 1.54) is 0 Å². The lowest BCUT2D eigenvalue weighted by molar-refractivity contribution is 0.171. The van der Waals surface area contributed by atoms with Gasteiger partial charge in [0.15, 0.2) is 16.7 Å². The number of nitrogens with zero attached hydrogens (tertiary/aromatic N) is 3. The molecule has 1 aromatic heterocycles. The number of halogens is 1. The number of thioether (sulfide) groups is 1. The normalized spacial score (nSPS) is 13.7. The highest BCUT2D eigenvalue weighted by molar-refractivity contribution is 9.10. The van der Waals surface area contributed by atoms with Crippen molar-refractivity contribution in [2.45, 2.75) is 30.8 Å². The predicted molar refractivity (Wildman–Crippen MR) is 85.1 cm³/mol. The molecule has 7 heteroatoms. The third-order valence-corrected chi connectivity index (χ3v) is 4.91. The van der Waals surface area contributed by atoms with E-state index in [-0.39, 0.29) is 0 Å². The van der Waals surface area contributed by atoms with Crippen molar-refractivity contribution in [1.82, 2.24) is 14.8 Å². The first-order valence-corrected chi connectivity index (χ1v) is 8.53. The first-order valence-electron chi connectivity index (χ1n) is 6.75. The van der Waals surface area contributed by atoms with Gasteiger partial charge in [-0.2, -0.15) is 0 Å². The van der Waals surface area contributed by atoms with Gasteiger partial charge in [-0.05, 0) is 31.5 Å². The quantitative estimate of drug-likeness (QED) is 0.769. The highest BCUT2D eigenvalue weighted by Gasteiger charge is 2.16. The third-order valence-electron chi connectivity index (χ3n) is 3.16. The Morgan fingerprint density at radius 1 is 1.29 bits per heavy atom. The fraction of sp³-hybridized carbons (Fsp3) is 0.429. The van der Waals surface area contributed by atoms with Gasteiger partial charge in [0.2, 0.25) is 0 Å². The van der Waals surface area contributed by atoms with Crippen LogP contribution in [-0.4, -0.2) is 28.0 Å². The number of ether oxygens (including phenoxy) is 2. The lowest BCUT2D eigenvalue weighted by Crippen LogP contribution is -2.15. The Labute approximate surface area is 136 Å². The summed E-state index contributed by atoms with van der Waals surface area (Å²) in [4.78, 5) is 0. The van der Waals surface area contributed by atoms with Crippen LogP contribution in [0.3, 0.4) is 0 Å². The summed E-state index contributed by atoms with van der Waals surface area (Å²) in [7, 11) is 0. The van der Waals surface area contributed by atoms with E-state index in [1.54, 1.807) is 18.1 Å². The smallest absolute Gasteiger partial charge is 0.191 e. The van der Waals surface area contributed by atoms with E-state index in [1.807, 2.05) is 12.1 Å². The second-order valence-electron chi connectivity index (χ2n) is 4.99. The molecular formula is C14H16BrN3O2S. The summed E-state index contributed by atoms with van der Waals surface area (Å²) in [5.41, 5.74) is 1.16. The Hall–Kier alpha value is -1.21. The van der Waals surface area contributed by atoms with Crippen molar-refractivity contribution in [3.05, 3.63) is 28.5 Å². The number of benzene rings is 1. The topological polar surface area (TPSA) is 49.2 Å². The van der Waals surface area contributed by atoms with Crippen molar-refractivity contribution < 1.29 is 9.47 Å². The molecule has 112 valence electrons. The van der Waals surface area contributed by atoms with Gasteiger partial charge in [0.1, 0.15) is 19.5 Å². The molecular weight excluding hydrogens is 354 g/mol. The minimum atomic E-state index is 0.353. The third kappa shape index (κ3) is 3.18. The van der Waals surface area contributed by atoms with E-state index < -0.39 is 0 Å². The molecule has 0 unspecified atom stereocenters. The molecule has 0 atom stereocenters. The summed E-state index contributed by atoms with van der Waals surface area (Å²) in [6, 6.07) is 4.35. The zero-order valence-corrected chi connectivity index (χ0v) is 14.3. The molecule has 0 saturated carbocycles. The van der Waals surface area contributed by atoms with E-state index >= 15 is 0 Å². The molecule has 0 N–H and O–H groups in total. The van der Waals surface area contributed by atoms with Gasteiger partial charge in [0, 0.05) is 16.3 Å². The Bertz CT molecular complexity index is 645. The van der Waals surface area contributed by atoms with Gasteiger partial charge in [0.25, 0.3) is 0 Å². The van der Waals surface area contributed by atoms with Gasteiger partial charge in [0.05, 0.1) is 0 Å². The van der Waals surface area contributed by atoms with Crippen LogP contribution in [0, 0.1) is 0 Å². The molecule has 1 aliphatic heterocycles. The van der Waals surface area contributed by atoms with Crippen molar-refractivity contribution >= 4 is 27.7 Å². The van der Waals surface area contributed by atoms with Crippen LogP contribution in [0.5, 0.6) is 11.5 Å². The van der Waals surface area contributed by atoms with Crippen LogP contribution in [0.25, 0.3) is 0 Å². The first kappa shape index (κ1) is 14.7. The molecule has 0 fully saturated rings. The van der Waals surface area contributed by atoms with Crippen LogP contribution in [0.4, 0.5) is 0 Å². The van der Waals surface area contributed by atoms with Gasteiger partial charge in [-0.1, -0.05) is 27.7 Å². The van der Waals surface area contributed by atoms with Gasteiger partial charge < -0.3 is 14.0 Å². The predicted octanol–water partition coefficient (Wildman–Crippen LogP) is 3.69. The minimum Gasteiger partial charge on any atom is -0.486 e. The van der Waals surface area contributed by atoms with E-state index in [4.69, 9.17) is 9.47 Å². The number of hydrogen-bond donors (Lipinski definition) is 0. The van der Waals surface area contributed by atoms with E-state index in [0.29, 0.717) is 19.3 Å². The molecule has 1 aromatic carbocycles. The van der Waals surface area contributed by atoms with Crippen LogP contribution in [0.15, 0.2) is 28.1 Å².